The number of esters is 1. The van der Waals surface area contributed by atoms with Crippen LogP contribution in [0.4, 0.5) is 0 Å². The first-order chi connectivity index (χ1) is 7.26. The van der Waals surface area contributed by atoms with Gasteiger partial charge in [-0.1, -0.05) is 13.3 Å². The van der Waals surface area contributed by atoms with Gasteiger partial charge in [0.15, 0.2) is 11.9 Å². The first kappa shape index (κ1) is 10.9. The van der Waals surface area contributed by atoms with Crippen molar-refractivity contribution in [1.29, 1.82) is 0 Å². The van der Waals surface area contributed by atoms with Crippen LogP contribution in [0.1, 0.15) is 39.0 Å². The van der Waals surface area contributed by atoms with Crippen molar-refractivity contribution in [2.24, 2.45) is 0 Å². The average molecular weight is 214 g/mol. The molecule has 0 N–H and O–H groups in total. The Hall–Kier alpha value is -0.610. The summed E-state index contributed by atoms with van der Waals surface area (Å²) in [6, 6.07) is 0. The van der Waals surface area contributed by atoms with E-state index in [2.05, 4.69) is 6.92 Å². The topological polar surface area (TPSA) is 44.8 Å². The predicted octanol–water partition coefficient (Wildman–Crippen LogP) is 1.63. The van der Waals surface area contributed by atoms with Crippen LogP contribution < -0.4 is 0 Å². The molecule has 15 heavy (non-hydrogen) atoms. The predicted molar refractivity (Wildman–Crippen MR) is 53.3 cm³/mol. The average Bonchev–Trinajstić information content (AvgIpc) is 2.62. The van der Waals surface area contributed by atoms with Crippen LogP contribution in [-0.4, -0.2) is 31.1 Å². The second-order valence-electron chi connectivity index (χ2n) is 4.20. The molecule has 86 valence electrons. The van der Waals surface area contributed by atoms with Gasteiger partial charge in [-0.3, -0.25) is 0 Å². The third-order valence-corrected chi connectivity index (χ3v) is 2.98. The highest BCUT2D eigenvalue weighted by atomic mass is 16.8. The molecule has 0 aromatic heterocycles. The van der Waals surface area contributed by atoms with Crippen LogP contribution in [0.5, 0.6) is 0 Å². The van der Waals surface area contributed by atoms with Crippen LogP contribution >= 0.6 is 0 Å². The molecule has 4 heteroatoms. The van der Waals surface area contributed by atoms with Gasteiger partial charge in [0.2, 0.25) is 0 Å². The Morgan fingerprint density at radius 1 is 1.53 bits per heavy atom. The van der Waals surface area contributed by atoms with Gasteiger partial charge >= 0.3 is 5.97 Å². The zero-order valence-electron chi connectivity index (χ0n) is 9.16. The normalized spacial score (nSPS) is 27.7. The molecule has 1 aliphatic carbocycles. The maximum absolute atomic E-state index is 11.5. The minimum Gasteiger partial charge on any atom is -0.464 e. The third kappa shape index (κ3) is 2.32. The summed E-state index contributed by atoms with van der Waals surface area (Å²) in [5.74, 6) is -0.707. The van der Waals surface area contributed by atoms with Crippen molar-refractivity contribution in [3.05, 3.63) is 0 Å². The van der Waals surface area contributed by atoms with E-state index in [1.54, 1.807) is 0 Å². The van der Waals surface area contributed by atoms with Crippen molar-refractivity contribution in [2.45, 2.75) is 50.9 Å². The highest BCUT2D eigenvalue weighted by Crippen LogP contribution is 2.41. The van der Waals surface area contributed by atoms with Gasteiger partial charge in [0.05, 0.1) is 13.2 Å². The third-order valence-electron chi connectivity index (χ3n) is 2.98. The summed E-state index contributed by atoms with van der Waals surface area (Å²) < 4.78 is 16.2. The summed E-state index contributed by atoms with van der Waals surface area (Å²) in [4.78, 5) is 11.5. The molecule has 1 atom stereocenters. The Balaban J connectivity index is 1.72. The molecule has 0 bridgehead atoms. The molecule has 0 unspecified atom stereocenters. The van der Waals surface area contributed by atoms with Gasteiger partial charge in [0, 0.05) is 12.8 Å². The molecule has 0 aromatic rings. The second kappa shape index (κ2) is 4.49. The lowest BCUT2D eigenvalue weighted by atomic mass is 9.91. The fourth-order valence-corrected chi connectivity index (χ4v) is 1.81. The number of ether oxygens (including phenoxy) is 3. The Bertz CT molecular complexity index is 235. The van der Waals surface area contributed by atoms with Crippen molar-refractivity contribution >= 4 is 5.97 Å². The Labute approximate surface area is 89.9 Å². The van der Waals surface area contributed by atoms with E-state index < -0.39 is 11.9 Å². The highest BCUT2D eigenvalue weighted by Gasteiger charge is 2.48. The fourth-order valence-electron chi connectivity index (χ4n) is 1.81. The second-order valence-corrected chi connectivity index (χ2v) is 4.20. The van der Waals surface area contributed by atoms with Crippen LogP contribution in [0.15, 0.2) is 0 Å². The monoisotopic (exact) mass is 214 g/mol. The van der Waals surface area contributed by atoms with Gasteiger partial charge in [-0.15, -0.1) is 0 Å². The van der Waals surface area contributed by atoms with Gasteiger partial charge in [-0.25, -0.2) is 4.79 Å². The largest absolute Gasteiger partial charge is 0.464 e. The first-order valence-electron chi connectivity index (χ1n) is 5.74. The number of unbranched alkanes of at least 4 members (excludes halogenated alkanes) is 1. The van der Waals surface area contributed by atoms with Gasteiger partial charge in [-0.05, 0) is 12.8 Å². The smallest absolute Gasteiger partial charge is 0.337 e. The van der Waals surface area contributed by atoms with Crippen LogP contribution in [0.25, 0.3) is 0 Å². The van der Waals surface area contributed by atoms with E-state index in [0.29, 0.717) is 13.2 Å². The number of hydrogen-bond donors (Lipinski definition) is 0. The highest BCUT2D eigenvalue weighted by molar-refractivity contribution is 5.75. The standard InChI is InChI=1S/C11H18O4/c1-2-3-7-13-10(12)9-8-14-11(15-9)5-4-6-11/h9H,2-8H2,1H3/t9-/m1/s1. The molecule has 1 spiro atoms. The van der Waals surface area contributed by atoms with E-state index in [4.69, 9.17) is 14.2 Å². The van der Waals surface area contributed by atoms with E-state index in [1.165, 1.54) is 0 Å². The number of hydrogen-bond acceptors (Lipinski definition) is 4. The van der Waals surface area contributed by atoms with Crippen molar-refractivity contribution in [3.63, 3.8) is 0 Å². The van der Waals surface area contributed by atoms with E-state index in [1.807, 2.05) is 0 Å². The summed E-state index contributed by atoms with van der Waals surface area (Å²) in [6.07, 6.45) is 4.38. The van der Waals surface area contributed by atoms with Gasteiger partial charge < -0.3 is 14.2 Å². The molecule has 2 rings (SSSR count). The molecule has 2 aliphatic rings. The maximum Gasteiger partial charge on any atom is 0.337 e. The van der Waals surface area contributed by atoms with E-state index in [9.17, 15) is 4.79 Å². The van der Waals surface area contributed by atoms with Crippen molar-refractivity contribution in [2.75, 3.05) is 13.2 Å². The van der Waals surface area contributed by atoms with Crippen molar-refractivity contribution in [1.82, 2.24) is 0 Å². The van der Waals surface area contributed by atoms with Gasteiger partial charge in [0.25, 0.3) is 0 Å². The quantitative estimate of drug-likeness (QED) is 0.527. The van der Waals surface area contributed by atoms with Crippen LogP contribution in [0.3, 0.4) is 0 Å². The minimum atomic E-state index is -0.498. The number of carbonyl (C=O) groups is 1. The van der Waals surface area contributed by atoms with Gasteiger partial charge in [0.1, 0.15) is 0 Å². The van der Waals surface area contributed by atoms with E-state index in [0.717, 1.165) is 32.1 Å². The maximum atomic E-state index is 11.5. The summed E-state index contributed by atoms with van der Waals surface area (Å²) in [7, 11) is 0. The molecule has 1 saturated carbocycles. The molecular weight excluding hydrogens is 196 g/mol. The zero-order chi connectivity index (χ0) is 10.7. The molecule has 0 radical (unpaired) electrons. The molecule has 0 amide bonds. The fraction of sp³-hybridized carbons (Fsp3) is 0.909. The lowest BCUT2D eigenvalue weighted by Gasteiger charge is -2.35. The van der Waals surface area contributed by atoms with E-state index >= 15 is 0 Å². The van der Waals surface area contributed by atoms with Crippen LogP contribution in [-0.2, 0) is 19.0 Å². The summed E-state index contributed by atoms with van der Waals surface area (Å²) in [6.45, 7) is 2.90. The minimum absolute atomic E-state index is 0.271. The number of carbonyl (C=O) groups excluding carboxylic acids is 1. The SMILES string of the molecule is CCCCOC(=O)[C@H]1COC2(CCC2)O1. The lowest BCUT2D eigenvalue weighted by Crippen LogP contribution is -2.39. The molecule has 2 fully saturated rings. The summed E-state index contributed by atoms with van der Waals surface area (Å²) in [5.41, 5.74) is 0. The summed E-state index contributed by atoms with van der Waals surface area (Å²) >= 11 is 0. The zero-order valence-corrected chi connectivity index (χ0v) is 9.16. The van der Waals surface area contributed by atoms with Crippen LogP contribution in [0.2, 0.25) is 0 Å². The van der Waals surface area contributed by atoms with E-state index in [-0.39, 0.29) is 5.97 Å². The van der Waals surface area contributed by atoms with Crippen molar-refractivity contribution < 1.29 is 19.0 Å². The molecule has 1 saturated heterocycles. The Morgan fingerprint density at radius 2 is 2.33 bits per heavy atom. The van der Waals surface area contributed by atoms with Crippen molar-refractivity contribution in [3.8, 4) is 0 Å². The number of rotatable bonds is 4. The molecule has 4 nitrogen and oxygen atoms in total. The Kier molecular flexibility index (Phi) is 3.26. The lowest BCUT2D eigenvalue weighted by molar-refractivity contribution is -0.219. The molecular formula is C11H18O4. The van der Waals surface area contributed by atoms with Gasteiger partial charge in [-0.2, -0.15) is 0 Å². The van der Waals surface area contributed by atoms with Crippen LogP contribution in [0, 0.1) is 0 Å². The molecule has 0 aromatic carbocycles. The Morgan fingerprint density at radius 3 is 2.87 bits per heavy atom. The summed E-state index contributed by atoms with van der Waals surface area (Å²) in [5, 5.41) is 0. The first-order valence-corrected chi connectivity index (χ1v) is 5.74. The molecule has 1 heterocycles. The molecule has 1 aliphatic heterocycles.